The molecule has 1 aromatic heterocycles. The number of alkyl halides is 2. The Morgan fingerprint density at radius 3 is 2.63 bits per heavy atom. The number of pyridine rings is 1. The lowest BCUT2D eigenvalue weighted by atomic mass is 10.3. The molecule has 0 spiro atoms. The van der Waals surface area contributed by atoms with Crippen LogP contribution in [0.3, 0.4) is 0 Å². The first-order valence-electron chi connectivity index (χ1n) is 4.88. The Labute approximate surface area is 104 Å². The van der Waals surface area contributed by atoms with Gasteiger partial charge in [0.1, 0.15) is 6.61 Å². The summed E-state index contributed by atoms with van der Waals surface area (Å²) in [6.07, 6.45) is 0. The van der Waals surface area contributed by atoms with Crippen LogP contribution in [-0.2, 0) is 0 Å². The molecule has 0 bridgehead atoms. The Balaban J connectivity index is 3.04. The summed E-state index contributed by atoms with van der Waals surface area (Å²) in [6, 6.07) is 1.73. The number of carbonyl (C=O) groups is 1. The highest BCUT2D eigenvalue weighted by molar-refractivity contribution is 5.86. The van der Waals surface area contributed by atoms with Crippen LogP contribution in [0.15, 0.2) is 12.1 Å². The lowest BCUT2D eigenvalue weighted by Gasteiger charge is -2.14. The molecular formula is C9H9F2N3O5. The molecule has 0 saturated heterocycles. The van der Waals surface area contributed by atoms with Crippen LogP contribution in [0.4, 0.5) is 20.3 Å². The first-order chi connectivity index (χ1) is 8.76. The zero-order chi connectivity index (χ0) is 14.6. The first kappa shape index (κ1) is 14.7. The number of nitrogens with one attached hydrogen (secondary N) is 1. The number of carboxylic acid groups (broad SMARTS) is 1. The fourth-order valence-corrected chi connectivity index (χ4v) is 1.12. The molecular weight excluding hydrogens is 268 g/mol. The lowest BCUT2D eigenvalue weighted by molar-refractivity contribution is -0.384. The van der Waals surface area contributed by atoms with Crippen molar-refractivity contribution >= 4 is 17.5 Å². The maximum atomic E-state index is 12.8. The molecule has 3 N–H and O–H groups in total. The first-order valence-corrected chi connectivity index (χ1v) is 4.88. The number of nitro groups is 1. The van der Waals surface area contributed by atoms with E-state index < -0.39 is 47.2 Å². The Morgan fingerprint density at radius 1 is 1.53 bits per heavy atom. The number of rotatable bonds is 6. The van der Waals surface area contributed by atoms with E-state index in [1.54, 1.807) is 0 Å². The number of hydrogen-bond donors (Lipinski definition) is 3. The Kier molecular flexibility index (Phi) is 4.27. The van der Waals surface area contributed by atoms with E-state index >= 15 is 0 Å². The SMILES string of the molecule is O=C(O)c1ccc([N+](=O)[O-])c(NCC(F)(F)CO)n1. The molecule has 1 aromatic rings. The van der Waals surface area contributed by atoms with Gasteiger partial charge in [0, 0.05) is 6.07 Å². The van der Waals surface area contributed by atoms with E-state index in [1.807, 2.05) is 5.32 Å². The molecule has 8 nitrogen and oxygen atoms in total. The minimum atomic E-state index is -3.51. The van der Waals surface area contributed by atoms with Gasteiger partial charge in [0.2, 0.25) is 5.82 Å². The summed E-state index contributed by atoms with van der Waals surface area (Å²) in [5, 5.41) is 29.6. The predicted octanol–water partition coefficient (Wildman–Crippen LogP) is 0.727. The van der Waals surface area contributed by atoms with Gasteiger partial charge in [-0.05, 0) is 6.07 Å². The van der Waals surface area contributed by atoms with E-state index in [0.717, 1.165) is 12.1 Å². The summed E-state index contributed by atoms with van der Waals surface area (Å²) < 4.78 is 25.6. The number of anilines is 1. The topological polar surface area (TPSA) is 126 Å². The van der Waals surface area contributed by atoms with Crippen molar-refractivity contribution in [3.8, 4) is 0 Å². The van der Waals surface area contributed by atoms with E-state index in [0.29, 0.717) is 0 Å². The highest BCUT2D eigenvalue weighted by Gasteiger charge is 2.29. The van der Waals surface area contributed by atoms with Crippen molar-refractivity contribution in [1.29, 1.82) is 0 Å². The van der Waals surface area contributed by atoms with Crippen molar-refractivity contribution in [2.24, 2.45) is 0 Å². The maximum absolute atomic E-state index is 12.8. The van der Waals surface area contributed by atoms with Gasteiger partial charge in [0.05, 0.1) is 11.5 Å². The molecule has 0 unspecified atom stereocenters. The fraction of sp³-hybridized carbons (Fsp3) is 0.333. The van der Waals surface area contributed by atoms with Crippen LogP contribution < -0.4 is 5.32 Å². The monoisotopic (exact) mass is 277 g/mol. The fourth-order valence-electron chi connectivity index (χ4n) is 1.12. The third-order valence-electron chi connectivity index (χ3n) is 2.04. The quantitative estimate of drug-likeness (QED) is 0.516. The average Bonchev–Trinajstić information content (AvgIpc) is 2.35. The van der Waals surface area contributed by atoms with Crippen LogP contribution in [0.5, 0.6) is 0 Å². The van der Waals surface area contributed by atoms with Crippen molar-refractivity contribution in [1.82, 2.24) is 4.98 Å². The summed E-state index contributed by atoms with van der Waals surface area (Å²) in [5.41, 5.74) is -1.17. The molecule has 0 radical (unpaired) electrons. The van der Waals surface area contributed by atoms with Gasteiger partial charge in [0.25, 0.3) is 5.92 Å². The molecule has 10 heteroatoms. The second-order valence-corrected chi connectivity index (χ2v) is 3.49. The molecule has 0 aliphatic rings. The number of halogens is 2. The van der Waals surface area contributed by atoms with Gasteiger partial charge in [-0.3, -0.25) is 10.1 Å². The van der Waals surface area contributed by atoms with Crippen LogP contribution in [0.2, 0.25) is 0 Å². The smallest absolute Gasteiger partial charge is 0.354 e. The summed E-state index contributed by atoms with van der Waals surface area (Å²) in [6.45, 7) is -2.56. The zero-order valence-corrected chi connectivity index (χ0v) is 9.34. The lowest BCUT2D eigenvalue weighted by Crippen LogP contribution is -2.31. The van der Waals surface area contributed by atoms with Crippen LogP contribution in [-0.4, -0.2) is 45.2 Å². The largest absolute Gasteiger partial charge is 0.477 e. The van der Waals surface area contributed by atoms with Crippen molar-refractivity contribution < 1.29 is 28.7 Å². The van der Waals surface area contributed by atoms with Crippen molar-refractivity contribution in [3.63, 3.8) is 0 Å². The normalized spacial score (nSPS) is 11.1. The number of nitrogens with zero attached hydrogens (tertiary/aromatic N) is 2. The van der Waals surface area contributed by atoms with Gasteiger partial charge in [-0.25, -0.2) is 18.6 Å². The molecule has 104 valence electrons. The van der Waals surface area contributed by atoms with Gasteiger partial charge in [-0.15, -0.1) is 0 Å². The Bertz CT molecular complexity index is 509. The molecule has 0 aliphatic heterocycles. The number of aliphatic hydroxyl groups excluding tert-OH is 1. The third-order valence-corrected chi connectivity index (χ3v) is 2.04. The van der Waals surface area contributed by atoms with Gasteiger partial charge in [-0.1, -0.05) is 0 Å². The second-order valence-electron chi connectivity index (χ2n) is 3.49. The summed E-state index contributed by atoms with van der Waals surface area (Å²) in [5.74, 6) is -5.56. The molecule has 0 amide bonds. The van der Waals surface area contributed by atoms with Crippen LogP contribution in [0, 0.1) is 10.1 Å². The molecule has 1 heterocycles. The third kappa shape index (κ3) is 3.81. The van der Waals surface area contributed by atoms with Crippen LogP contribution in [0.25, 0.3) is 0 Å². The second kappa shape index (κ2) is 5.52. The Morgan fingerprint density at radius 2 is 2.16 bits per heavy atom. The number of aromatic carboxylic acids is 1. The van der Waals surface area contributed by atoms with E-state index in [4.69, 9.17) is 10.2 Å². The summed E-state index contributed by atoms with van der Waals surface area (Å²) in [7, 11) is 0. The van der Waals surface area contributed by atoms with E-state index in [2.05, 4.69) is 4.98 Å². The van der Waals surface area contributed by atoms with Crippen molar-refractivity contribution in [2.75, 3.05) is 18.5 Å². The summed E-state index contributed by atoms with van der Waals surface area (Å²) >= 11 is 0. The van der Waals surface area contributed by atoms with Crippen molar-refractivity contribution in [2.45, 2.75) is 5.92 Å². The maximum Gasteiger partial charge on any atom is 0.354 e. The van der Waals surface area contributed by atoms with Crippen LogP contribution in [0.1, 0.15) is 10.5 Å². The van der Waals surface area contributed by atoms with Crippen LogP contribution >= 0.6 is 0 Å². The Hall–Kier alpha value is -2.36. The molecule has 0 aliphatic carbocycles. The zero-order valence-electron chi connectivity index (χ0n) is 9.34. The highest BCUT2D eigenvalue weighted by Crippen LogP contribution is 2.23. The molecule has 19 heavy (non-hydrogen) atoms. The number of aromatic nitrogens is 1. The average molecular weight is 277 g/mol. The van der Waals surface area contributed by atoms with E-state index in [9.17, 15) is 23.7 Å². The van der Waals surface area contributed by atoms with Crippen molar-refractivity contribution in [3.05, 3.63) is 27.9 Å². The molecule has 0 fully saturated rings. The molecule has 1 rings (SSSR count). The summed E-state index contributed by atoms with van der Waals surface area (Å²) in [4.78, 5) is 23.8. The van der Waals surface area contributed by atoms with Gasteiger partial charge >= 0.3 is 11.7 Å². The minimum absolute atomic E-state index is 0.527. The van der Waals surface area contributed by atoms with Gasteiger partial charge in [-0.2, -0.15) is 0 Å². The van der Waals surface area contributed by atoms with E-state index in [-0.39, 0.29) is 0 Å². The number of hydrogen-bond acceptors (Lipinski definition) is 6. The standard InChI is InChI=1S/C9H9F2N3O5/c10-9(11,4-15)3-12-7-6(14(18)19)2-1-5(13-7)8(16)17/h1-2,15H,3-4H2,(H,12,13)(H,16,17). The molecule has 0 saturated carbocycles. The number of aliphatic hydroxyl groups is 1. The molecule has 0 aromatic carbocycles. The van der Waals surface area contributed by atoms with Gasteiger partial charge in [0.15, 0.2) is 5.69 Å². The predicted molar refractivity (Wildman–Crippen MR) is 58.4 cm³/mol. The van der Waals surface area contributed by atoms with Gasteiger partial charge < -0.3 is 15.5 Å². The highest BCUT2D eigenvalue weighted by atomic mass is 19.3. The van der Waals surface area contributed by atoms with E-state index in [1.165, 1.54) is 0 Å². The molecule has 0 atom stereocenters. The minimum Gasteiger partial charge on any atom is -0.477 e. The number of carboxylic acids is 1.